The van der Waals surface area contributed by atoms with Gasteiger partial charge in [0, 0.05) is 6.42 Å². The maximum absolute atomic E-state index is 11.8. The van der Waals surface area contributed by atoms with E-state index < -0.39 is 28.2 Å². The van der Waals surface area contributed by atoms with E-state index >= 15 is 0 Å². The monoisotopic (exact) mass is 292 g/mol. The second-order valence-electron chi connectivity index (χ2n) is 4.24. The molecule has 4 nitrogen and oxygen atoms in total. The summed E-state index contributed by atoms with van der Waals surface area (Å²) in [7, 11) is -4.39. The molecule has 0 bridgehead atoms. The third kappa shape index (κ3) is 10.8. The summed E-state index contributed by atoms with van der Waals surface area (Å²) in [5.41, 5.74) is -1.76. The van der Waals surface area contributed by atoms with E-state index in [2.05, 4.69) is 0 Å². The van der Waals surface area contributed by atoms with Crippen molar-refractivity contribution in [1.29, 1.82) is 0 Å². The van der Waals surface area contributed by atoms with Crippen molar-refractivity contribution in [2.24, 2.45) is 0 Å². The van der Waals surface area contributed by atoms with Crippen LogP contribution in [0.15, 0.2) is 0 Å². The number of unbranched alkanes of at least 4 members (excludes halogenated alkanes) is 5. The molecule has 0 aliphatic rings. The largest absolute Gasteiger partial charge is 0.389 e. The third-order valence-electron chi connectivity index (χ3n) is 2.51. The Bertz CT molecular complexity index is 314. The van der Waals surface area contributed by atoms with Crippen molar-refractivity contribution in [3.63, 3.8) is 0 Å². The smallest absolute Gasteiger partial charge is 0.375 e. The van der Waals surface area contributed by atoms with Crippen LogP contribution < -0.4 is 0 Å². The van der Waals surface area contributed by atoms with Crippen LogP contribution in [0.1, 0.15) is 51.4 Å². The molecule has 0 saturated heterocycles. The number of hydrogen-bond donors (Lipinski definition) is 2. The normalized spacial score (nSPS) is 14.7. The molecule has 8 heteroatoms. The lowest BCUT2D eigenvalue weighted by atomic mass is 10.1. The minimum Gasteiger partial charge on any atom is -0.375 e. The first kappa shape index (κ1) is 17.7. The first-order chi connectivity index (χ1) is 8.13. The van der Waals surface area contributed by atoms with Crippen LogP contribution in [0.5, 0.6) is 0 Å². The average molecular weight is 292 g/mol. The molecule has 0 spiro atoms. The van der Waals surface area contributed by atoms with E-state index in [0.717, 1.165) is 0 Å². The Hall–Kier alpha value is -0.340. The molecule has 0 aromatic rings. The van der Waals surface area contributed by atoms with E-state index in [1.807, 2.05) is 0 Å². The summed E-state index contributed by atoms with van der Waals surface area (Å²) in [6.45, 7) is 0. The number of rotatable bonds is 9. The fraction of sp³-hybridized carbons (Fsp3) is 1.00. The zero-order valence-corrected chi connectivity index (χ0v) is 10.8. The lowest BCUT2D eigenvalue weighted by molar-refractivity contribution is -0.135. The van der Waals surface area contributed by atoms with Gasteiger partial charge in [0.25, 0.3) is 10.1 Å². The maximum atomic E-state index is 11.8. The molecular weight excluding hydrogens is 273 g/mol. The zero-order chi connectivity index (χ0) is 14.2. The van der Waals surface area contributed by atoms with Crippen LogP contribution in [-0.2, 0) is 10.1 Å². The van der Waals surface area contributed by atoms with Crippen molar-refractivity contribution < 1.29 is 31.2 Å². The molecule has 0 heterocycles. The number of aliphatic hydroxyl groups excluding tert-OH is 1. The summed E-state index contributed by atoms with van der Waals surface area (Å²) < 4.78 is 64.6. The summed E-state index contributed by atoms with van der Waals surface area (Å²) >= 11 is 0. The minimum atomic E-state index is -4.39. The van der Waals surface area contributed by atoms with Gasteiger partial charge in [0.2, 0.25) is 0 Å². The van der Waals surface area contributed by atoms with Crippen molar-refractivity contribution in [2.75, 3.05) is 0 Å². The van der Waals surface area contributed by atoms with Crippen LogP contribution in [0.3, 0.4) is 0 Å². The molecular formula is C10H19F3O4S. The Morgan fingerprint density at radius 2 is 1.39 bits per heavy atom. The van der Waals surface area contributed by atoms with Gasteiger partial charge in [-0.3, -0.25) is 4.55 Å². The summed E-state index contributed by atoms with van der Waals surface area (Å²) in [5, 5.41) is 8.95. The maximum Gasteiger partial charge on any atom is 0.389 e. The van der Waals surface area contributed by atoms with Crippen LogP contribution in [0.4, 0.5) is 13.2 Å². The molecule has 0 rings (SSSR count). The molecule has 0 aromatic heterocycles. The topological polar surface area (TPSA) is 74.6 Å². The van der Waals surface area contributed by atoms with Crippen LogP contribution >= 0.6 is 0 Å². The molecule has 0 fully saturated rings. The Labute approximate surface area is 105 Å². The van der Waals surface area contributed by atoms with Crippen molar-refractivity contribution in [1.82, 2.24) is 0 Å². The van der Waals surface area contributed by atoms with Gasteiger partial charge < -0.3 is 5.11 Å². The fourth-order valence-corrected chi connectivity index (χ4v) is 1.96. The van der Waals surface area contributed by atoms with Crippen LogP contribution in [0, 0.1) is 0 Å². The summed E-state index contributed by atoms with van der Waals surface area (Å²) in [4.78, 5) is 0. The van der Waals surface area contributed by atoms with Gasteiger partial charge >= 0.3 is 6.18 Å². The second kappa shape index (κ2) is 7.96. The Morgan fingerprint density at radius 1 is 0.944 bits per heavy atom. The molecule has 0 amide bonds. The molecule has 1 atom stereocenters. The Kier molecular flexibility index (Phi) is 7.81. The van der Waals surface area contributed by atoms with Crippen molar-refractivity contribution in [2.45, 2.75) is 63.0 Å². The lowest BCUT2D eigenvalue weighted by Gasteiger charge is -2.07. The van der Waals surface area contributed by atoms with Gasteiger partial charge in [-0.15, -0.1) is 0 Å². The second-order valence-corrected chi connectivity index (χ2v) is 5.82. The standard InChI is InChI=1S/C10H19F3O4S/c11-10(12,13)8-6-4-2-1-3-5-7-9(14)18(15,16)17/h9,14H,1-8H2,(H,15,16,17). The van der Waals surface area contributed by atoms with E-state index in [1.165, 1.54) is 0 Å². The number of halogens is 3. The van der Waals surface area contributed by atoms with Gasteiger partial charge in [0.15, 0.2) is 5.44 Å². The van der Waals surface area contributed by atoms with Gasteiger partial charge in [-0.25, -0.2) is 0 Å². The predicted molar refractivity (Wildman–Crippen MR) is 60.5 cm³/mol. The molecule has 0 saturated carbocycles. The van der Waals surface area contributed by atoms with Crippen molar-refractivity contribution in [3.8, 4) is 0 Å². The Morgan fingerprint density at radius 3 is 1.83 bits per heavy atom. The van der Waals surface area contributed by atoms with E-state index in [1.54, 1.807) is 0 Å². The van der Waals surface area contributed by atoms with Gasteiger partial charge in [-0.1, -0.05) is 25.7 Å². The van der Waals surface area contributed by atoms with Gasteiger partial charge in [-0.05, 0) is 19.3 Å². The molecule has 0 aliphatic carbocycles. The number of aliphatic hydroxyl groups is 1. The molecule has 2 N–H and O–H groups in total. The zero-order valence-electron chi connectivity index (χ0n) is 9.99. The van der Waals surface area contributed by atoms with Crippen LogP contribution in [0.25, 0.3) is 0 Å². The first-order valence-corrected chi connectivity index (χ1v) is 7.34. The highest BCUT2D eigenvalue weighted by Gasteiger charge is 2.25. The molecule has 18 heavy (non-hydrogen) atoms. The van der Waals surface area contributed by atoms with Gasteiger partial charge in [-0.2, -0.15) is 21.6 Å². The van der Waals surface area contributed by atoms with Crippen molar-refractivity contribution in [3.05, 3.63) is 0 Å². The molecule has 0 aliphatic heterocycles. The fourth-order valence-electron chi connectivity index (χ4n) is 1.50. The lowest BCUT2D eigenvalue weighted by Crippen LogP contribution is -2.19. The van der Waals surface area contributed by atoms with Crippen molar-refractivity contribution >= 4 is 10.1 Å². The SMILES string of the molecule is O=S(=O)(O)C(O)CCCCCCCCC(F)(F)F. The molecule has 0 radical (unpaired) electrons. The highest BCUT2D eigenvalue weighted by atomic mass is 32.2. The molecule has 110 valence electrons. The quantitative estimate of drug-likeness (QED) is 0.506. The highest BCUT2D eigenvalue weighted by Crippen LogP contribution is 2.23. The number of hydrogen-bond acceptors (Lipinski definition) is 3. The van der Waals surface area contributed by atoms with E-state index in [-0.39, 0.29) is 12.8 Å². The van der Waals surface area contributed by atoms with Crippen LogP contribution in [-0.4, -0.2) is 29.7 Å². The number of alkyl halides is 3. The summed E-state index contributed by atoms with van der Waals surface area (Å²) in [6.07, 6.45) is -1.94. The van der Waals surface area contributed by atoms with E-state index in [9.17, 15) is 21.6 Å². The summed E-state index contributed by atoms with van der Waals surface area (Å²) in [5.74, 6) is 0. The van der Waals surface area contributed by atoms with Crippen LogP contribution in [0.2, 0.25) is 0 Å². The van der Waals surface area contributed by atoms with E-state index in [4.69, 9.17) is 9.66 Å². The predicted octanol–water partition coefficient (Wildman–Crippen LogP) is 2.88. The average Bonchev–Trinajstić information content (AvgIpc) is 2.18. The van der Waals surface area contributed by atoms with Gasteiger partial charge in [0.1, 0.15) is 0 Å². The summed E-state index contributed by atoms with van der Waals surface area (Å²) in [6, 6.07) is 0. The Balaban J connectivity index is 3.37. The van der Waals surface area contributed by atoms with Gasteiger partial charge in [0.05, 0.1) is 0 Å². The minimum absolute atomic E-state index is 0.0542. The molecule has 1 unspecified atom stereocenters. The van der Waals surface area contributed by atoms with E-state index in [0.29, 0.717) is 32.1 Å². The third-order valence-corrected chi connectivity index (χ3v) is 3.43. The molecule has 0 aromatic carbocycles. The first-order valence-electron chi connectivity index (χ1n) is 5.84. The highest BCUT2D eigenvalue weighted by molar-refractivity contribution is 7.86.